The fraction of sp³-hybridized carbons (Fsp3) is 0.333. The summed E-state index contributed by atoms with van der Waals surface area (Å²) in [4.78, 5) is 24.0. The van der Waals surface area contributed by atoms with E-state index in [1.807, 2.05) is 18.3 Å². The fourth-order valence-electron chi connectivity index (χ4n) is 4.30. The molecule has 11 heteroatoms. The van der Waals surface area contributed by atoms with Crippen molar-refractivity contribution >= 4 is 22.9 Å². The number of fused-ring (bicyclic) bond motifs is 1. The van der Waals surface area contributed by atoms with E-state index in [0.717, 1.165) is 31.9 Å². The molecule has 6 rings (SSSR count). The number of pyridine rings is 1. The minimum absolute atomic E-state index is 0.142. The van der Waals surface area contributed by atoms with Gasteiger partial charge in [0.2, 0.25) is 11.7 Å². The number of amides is 1. The van der Waals surface area contributed by atoms with Crippen molar-refractivity contribution in [3.8, 4) is 11.4 Å². The number of hydrogen-bond donors (Lipinski definition) is 2. The van der Waals surface area contributed by atoms with Gasteiger partial charge in [0.25, 0.3) is 5.91 Å². The van der Waals surface area contributed by atoms with Crippen molar-refractivity contribution in [2.75, 3.05) is 36.4 Å². The summed E-state index contributed by atoms with van der Waals surface area (Å²) in [6.45, 7) is 5.22. The Balaban J connectivity index is 1.26. The zero-order valence-electron chi connectivity index (χ0n) is 19.0. The van der Waals surface area contributed by atoms with E-state index in [1.54, 1.807) is 17.4 Å². The Labute approximate surface area is 199 Å². The molecule has 0 spiro atoms. The highest BCUT2D eigenvalue weighted by molar-refractivity contribution is 6.04. The highest BCUT2D eigenvalue weighted by Crippen LogP contribution is 2.43. The molecule has 1 aliphatic carbocycles. The first-order valence-corrected chi connectivity index (χ1v) is 11.5. The van der Waals surface area contributed by atoms with Crippen LogP contribution in [0.5, 0.6) is 0 Å². The molecule has 1 saturated carbocycles. The van der Waals surface area contributed by atoms with Gasteiger partial charge in [0, 0.05) is 60.9 Å². The van der Waals surface area contributed by atoms with E-state index in [2.05, 4.69) is 30.7 Å². The van der Waals surface area contributed by atoms with E-state index in [0.29, 0.717) is 23.3 Å². The highest BCUT2D eigenvalue weighted by Gasteiger charge is 2.43. The van der Waals surface area contributed by atoms with Crippen molar-refractivity contribution in [3.63, 3.8) is 0 Å². The van der Waals surface area contributed by atoms with Gasteiger partial charge in [-0.1, -0.05) is 5.16 Å². The lowest BCUT2D eigenvalue weighted by Gasteiger charge is -2.29. The average molecular weight is 479 g/mol. The first-order valence-electron chi connectivity index (χ1n) is 11.5. The maximum atomic E-state index is 14.7. The maximum Gasteiger partial charge on any atom is 0.274 e. The van der Waals surface area contributed by atoms with Crippen LogP contribution in [0.25, 0.3) is 17.0 Å². The van der Waals surface area contributed by atoms with Gasteiger partial charge >= 0.3 is 0 Å². The summed E-state index contributed by atoms with van der Waals surface area (Å²) in [7, 11) is 0. The highest BCUT2D eigenvalue weighted by atomic mass is 19.1. The number of carbonyl (C=O) groups excluding carboxylic acids is 1. The standard InChI is InChI=1S/C24H23F2N7O2/c1-13-17(25)8-14(22-30-24(35-31-22)16-11-18(16)26)9-19(13)29-23(34)20-12-28-21-10-15(2-5-33(20)21)32-6-3-27-4-7-32/h2,5,8-10,12,16,18,27H,3-4,6-7,11H2,1H3,(H,29,34)/t16-,18-/m0/s1. The molecule has 2 N–H and O–H groups in total. The molecule has 4 aromatic rings. The SMILES string of the molecule is Cc1c(F)cc(-c2noc([C@H]3C[C@@H]3F)n2)cc1NC(=O)c1cnc2cc(N3CCNCC3)ccn12. The lowest BCUT2D eigenvalue weighted by molar-refractivity contribution is 0.102. The van der Waals surface area contributed by atoms with Gasteiger partial charge in [0.1, 0.15) is 23.3 Å². The number of halogens is 2. The number of hydrogen-bond acceptors (Lipinski definition) is 7. The molecule has 2 atom stereocenters. The monoisotopic (exact) mass is 479 g/mol. The van der Waals surface area contributed by atoms with E-state index in [4.69, 9.17) is 4.52 Å². The zero-order valence-corrected chi connectivity index (χ0v) is 19.0. The molecule has 0 unspecified atom stereocenters. The normalized spacial score (nSPS) is 19.8. The molecule has 3 aromatic heterocycles. The Morgan fingerprint density at radius 2 is 2.06 bits per heavy atom. The van der Waals surface area contributed by atoms with Gasteiger partial charge in [0.05, 0.1) is 12.1 Å². The molecular weight excluding hydrogens is 456 g/mol. The number of anilines is 2. The zero-order chi connectivity index (χ0) is 24.1. The first-order chi connectivity index (χ1) is 17.0. The van der Waals surface area contributed by atoms with Crippen LogP contribution in [0.15, 0.2) is 41.2 Å². The third-order valence-corrected chi connectivity index (χ3v) is 6.53. The number of benzene rings is 1. The van der Waals surface area contributed by atoms with Gasteiger partial charge < -0.3 is 20.1 Å². The largest absolute Gasteiger partial charge is 0.369 e. The fourth-order valence-corrected chi connectivity index (χ4v) is 4.30. The number of imidazole rings is 1. The average Bonchev–Trinajstić information content (AvgIpc) is 3.25. The van der Waals surface area contributed by atoms with Crippen LogP contribution >= 0.6 is 0 Å². The lowest BCUT2D eigenvalue weighted by atomic mass is 10.1. The Morgan fingerprint density at radius 3 is 2.83 bits per heavy atom. The molecule has 0 bridgehead atoms. The molecular formula is C24H23F2N7O2. The van der Waals surface area contributed by atoms with Gasteiger partial charge in [-0.2, -0.15) is 4.98 Å². The summed E-state index contributed by atoms with van der Waals surface area (Å²) in [5.74, 6) is -1.02. The number of rotatable bonds is 5. The molecule has 4 heterocycles. The molecule has 9 nitrogen and oxygen atoms in total. The lowest BCUT2D eigenvalue weighted by Crippen LogP contribution is -2.43. The molecule has 1 amide bonds. The molecule has 1 aromatic carbocycles. The second-order valence-corrected chi connectivity index (χ2v) is 8.89. The van der Waals surface area contributed by atoms with Gasteiger partial charge in [-0.15, -0.1) is 0 Å². The predicted molar refractivity (Wildman–Crippen MR) is 125 cm³/mol. The van der Waals surface area contributed by atoms with Crippen molar-refractivity contribution < 1.29 is 18.1 Å². The minimum Gasteiger partial charge on any atom is -0.369 e. The number of alkyl halides is 1. The van der Waals surface area contributed by atoms with Gasteiger partial charge in [-0.25, -0.2) is 13.8 Å². The Bertz CT molecular complexity index is 1430. The van der Waals surface area contributed by atoms with Crippen molar-refractivity contribution in [1.29, 1.82) is 0 Å². The van der Waals surface area contributed by atoms with E-state index in [1.165, 1.54) is 12.3 Å². The van der Waals surface area contributed by atoms with Crippen LogP contribution in [0.4, 0.5) is 20.2 Å². The minimum atomic E-state index is -0.980. The van der Waals surface area contributed by atoms with Crippen LogP contribution in [0, 0.1) is 12.7 Å². The summed E-state index contributed by atoms with van der Waals surface area (Å²) in [5, 5.41) is 9.96. The van der Waals surface area contributed by atoms with Crippen LogP contribution in [-0.2, 0) is 0 Å². The second kappa shape index (κ2) is 8.42. The topological polar surface area (TPSA) is 101 Å². The summed E-state index contributed by atoms with van der Waals surface area (Å²) >= 11 is 0. The number of nitrogens with zero attached hydrogens (tertiary/aromatic N) is 5. The molecule has 180 valence electrons. The van der Waals surface area contributed by atoms with Crippen molar-refractivity contribution in [3.05, 3.63) is 59.6 Å². The van der Waals surface area contributed by atoms with Gasteiger partial charge in [0.15, 0.2) is 0 Å². The smallest absolute Gasteiger partial charge is 0.274 e. The molecule has 0 radical (unpaired) electrons. The van der Waals surface area contributed by atoms with E-state index < -0.39 is 23.8 Å². The molecule has 35 heavy (non-hydrogen) atoms. The maximum absolute atomic E-state index is 14.7. The van der Waals surface area contributed by atoms with Crippen LogP contribution < -0.4 is 15.5 Å². The Morgan fingerprint density at radius 1 is 1.26 bits per heavy atom. The molecule has 1 saturated heterocycles. The summed E-state index contributed by atoms with van der Waals surface area (Å²) in [6, 6.07) is 6.75. The summed E-state index contributed by atoms with van der Waals surface area (Å²) < 4.78 is 34.9. The molecule has 2 aliphatic rings. The second-order valence-electron chi connectivity index (χ2n) is 8.89. The van der Waals surface area contributed by atoms with Crippen LogP contribution in [-0.4, -0.2) is 57.8 Å². The predicted octanol–water partition coefficient (Wildman–Crippen LogP) is 3.32. The third-order valence-electron chi connectivity index (χ3n) is 6.53. The number of nitrogens with one attached hydrogen (secondary N) is 2. The van der Waals surface area contributed by atoms with Gasteiger partial charge in [-0.05, 0) is 31.5 Å². The summed E-state index contributed by atoms with van der Waals surface area (Å²) in [5.41, 5.74) is 2.89. The number of carbonyl (C=O) groups is 1. The van der Waals surface area contributed by atoms with Crippen molar-refractivity contribution in [2.24, 2.45) is 0 Å². The van der Waals surface area contributed by atoms with Crippen LogP contribution in [0.1, 0.15) is 34.3 Å². The van der Waals surface area contributed by atoms with Crippen molar-refractivity contribution in [2.45, 2.75) is 25.4 Å². The van der Waals surface area contributed by atoms with E-state index >= 15 is 0 Å². The Kier molecular flexibility index (Phi) is 5.21. The van der Waals surface area contributed by atoms with E-state index in [-0.39, 0.29) is 23.0 Å². The summed E-state index contributed by atoms with van der Waals surface area (Å²) in [6.07, 6.45) is 2.68. The molecule has 2 fully saturated rings. The molecule has 1 aliphatic heterocycles. The van der Waals surface area contributed by atoms with Crippen molar-refractivity contribution in [1.82, 2.24) is 24.8 Å². The van der Waals surface area contributed by atoms with Gasteiger partial charge in [-0.3, -0.25) is 9.20 Å². The van der Waals surface area contributed by atoms with Crippen LogP contribution in [0.3, 0.4) is 0 Å². The van der Waals surface area contributed by atoms with Crippen LogP contribution in [0.2, 0.25) is 0 Å². The Hall–Kier alpha value is -3.86. The van der Waals surface area contributed by atoms with E-state index in [9.17, 15) is 13.6 Å². The first kappa shape index (κ1) is 21.7. The number of aromatic nitrogens is 4. The number of piperazine rings is 1. The third kappa shape index (κ3) is 4.01. The quantitative estimate of drug-likeness (QED) is 0.453.